The number of carbonyl (C=O) groups is 1. The molecule has 19 heavy (non-hydrogen) atoms. The molecular weight excluding hydrogens is 240 g/mol. The molecule has 4 heteroatoms. The van der Waals surface area contributed by atoms with Crippen LogP contribution in [0.1, 0.15) is 28.6 Å². The molecule has 3 N–H and O–H groups in total. The van der Waals surface area contributed by atoms with Gasteiger partial charge in [0.05, 0.1) is 6.26 Å². The Morgan fingerprint density at radius 3 is 2.89 bits per heavy atom. The molecular formula is C15H18N2O2. The molecule has 1 aromatic heterocycles. The van der Waals surface area contributed by atoms with Crippen molar-refractivity contribution in [3.8, 4) is 0 Å². The minimum Gasteiger partial charge on any atom is -0.469 e. The van der Waals surface area contributed by atoms with E-state index in [2.05, 4.69) is 12.2 Å². The Morgan fingerprint density at radius 2 is 2.21 bits per heavy atom. The molecule has 1 atom stereocenters. The summed E-state index contributed by atoms with van der Waals surface area (Å²) in [5, 5.41) is 3.39. The van der Waals surface area contributed by atoms with E-state index in [-0.39, 0.29) is 0 Å². The van der Waals surface area contributed by atoms with Gasteiger partial charge in [-0.1, -0.05) is 12.1 Å². The molecule has 0 saturated carbocycles. The summed E-state index contributed by atoms with van der Waals surface area (Å²) in [6, 6.07) is 11.5. The standard InChI is InChI=1S/C15H18N2O2/c1-11(8-14-6-3-7-19-14)17-10-12-4-2-5-13(9-12)15(16)18/h2-7,9,11,17H,8,10H2,1H3,(H2,16,18). The number of nitrogens with two attached hydrogens (primary N) is 1. The van der Waals surface area contributed by atoms with Crippen LogP contribution in [0.4, 0.5) is 0 Å². The molecule has 0 aliphatic rings. The lowest BCUT2D eigenvalue weighted by Gasteiger charge is -2.12. The maximum absolute atomic E-state index is 11.1. The summed E-state index contributed by atoms with van der Waals surface area (Å²) < 4.78 is 5.31. The van der Waals surface area contributed by atoms with E-state index in [0.717, 1.165) is 17.7 Å². The summed E-state index contributed by atoms with van der Waals surface area (Å²) in [6.07, 6.45) is 2.51. The fourth-order valence-corrected chi connectivity index (χ4v) is 1.93. The number of benzene rings is 1. The van der Waals surface area contributed by atoms with Gasteiger partial charge in [-0.15, -0.1) is 0 Å². The third-order valence-corrected chi connectivity index (χ3v) is 2.95. The summed E-state index contributed by atoms with van der Waals surface area (Å²) in [6.45, 7) is 2.80. The maximum Gasteiger partial charge on any atom is 0.248 e. The van der Waals surface area contributed by atoms with Crippen molar-refractivity contribution < 1.29 is 9.21 Å². The van der Waals surface area contributed by atoms with Gasteiger partial charge in [0.25, 0.3) is 0 Å². The first-order valence-corrected chi connectivity index (χ1v) is 6.29. The predicted octanol–water partition coefficient (Wildman–Crippen LogP) is 2.10. The minimum atomic E-state index is -0.398. The van der Waals surface area contributed by atoms with Crippen molar-refractivity contribution in [1.82, 2.24) is 5.32 Å². The molecule has 1 aromatic carbocycles. The molecule has 0 spiro atoms. The van der Waals surface area contributed by atoms with E-state index in [9.17, 15) is 4.79 Å². The molecule has 0 saturated heterocycles. The largest absolute Gasteiger partial charge is 0.469 e. The summed E-state index contributed by atoms with van der Waals surface area (Å²) in [7, 11) is 0. The topological polar surface area (TPSA) is 68.3 Å². The third kappa shape index (κ3) is 3.96. The Bertz CT molecular complexity index is 535. The molecule has 1 unspecified atom stereocenters. The number of nitrogens with one attached hydrogen (secondary N) is 1. The SMILES string of the molecule is CC(Cc1ccco1)NCc1cccc(C(N)=O)c1. The fourth-order valence-electron chi connectivity index (χ4n) is 1.93. The summed E-state index contributed by atoms with van der Waals surface area (Å²) in [5.41, 5.74) is 6.84. The Kier molecular flexibility index (Phi) is 4.36. The second-order valence-corrected chi connectivity index (χ2v) is 4.63. The lowest BCUT2D eigenvalue weighted by atomic mass is 10.1. The first kappa shape index (κ1) is 13.4. The van der Waals surface area contributed by atoms with Crippen LogP contribution in [0.25, 0.3) is 0 Å². The van der Waals surface area contributed by atoms with Crippen molar-refractivity contribution in [2.45, 2.75) is 25.9 Å². The van der Waals surface area contributed by atoms with Gasteiger partial charge in [0.15, 0.2) is 0 Å². The predicted molar refractivity (Wildman–Crippen MR) is 73.7 cm³/mol. The lowest BCUT2D eigenvalue weighted by Crippen LogP contribution is -2.27. The van der Waals surface area contributed by atoms with Crippen LogP contribution in [-0.2, 0) is 13.0 Å². The Balaban J connectivity index is 1.88. The number of furan rings is 1. The quantitative estimate of drug-likeness (QED) is 0.833. The highest BCUT2D eigenvalue weighted by Crippen LogP contribution is 2.07. The highest BCUT2D eigenvalue weighted by Gasteiger charge is 2.06. The van der Waals surface area contributed by atoms with E-state index in [0.29, 0.717) is 18.2 Å². The normalized spacial score (nSPS) is 12.3. The zero-order chi connectivity index (χ0) is 13.7. The van der Waals surface area contributed by atoms with Crippen LogP contribution in [0, 0.1) is 0 Å². The van der Waals surface area contributed by atoms with Crippen molar-refractivity contribution in [1.29, 1.82) is 0 Å². The highest BCUT2D eigenvalue weighted by atomic mass is 16.3. The Morgan fingerprint density at radius 1 is 1.37 bits per heavy atom. The second-order valence-electron chi connectivity index (χ2n) is 4.63. The van der Waals surface area contributed by atoms with Gasteiger partial charge in [-0.05, 0) is 36.8 Å². The van der Waals surface area contributed by atoms with Crippen molar-refractivity contribution in [3.05, 3.63) is 59.5 Å². The molecule has 0 bridgehead atoms. The van der Waals surface area contributed by atoms with Crippen LogP contribution in [0.5, 0.6) is 0 Å². The molecule has 1 amide bonds. The number of rotatable bonds is 6. The molecule has 0 aliphatic carbocycles. The van der Waals surface area contributed by atoms with E-state index in [1.165, 1.54) is 0 Å². The monoisotopic (exact) mass is 258 g/mol. The van der Waals surface area contributed by atoms with Gasteiger partial charge < -0.3 is 15.5 Å². The van der Waals surface area contributed by atoms with Gasteiger partial charge in [-0.25, -0.2) is 0 Å². The number of hydrogen-bond donors (Lipinski definition) is 2. The van der Waals surface area contributed by atoms with E-state index in [4.69, 9.17) is 10.2 Å². The fraction of sp³-hybridized carbons (Fsp3) is 0.267. The van der Waals surface area contributed by atoms with Gasteiger partial charge in [0, 0.05) is 24.6 Å². The van der Waals surface area contributed by atoms with Crippen LogP contribution in [0.2, 0.25) is 0 Å². The average molecular weight is 258 g/mol. The summed E-state index contributed by atoms with van der Waals surface area (Å²) >= 11 is 0. The molecule has 0 fully saturated rings. The third-order valence-electron chi connectivity index (χ3n) is 2.95. The van der Waals surface area contributed by atoms with Crippen molar-refractivity contribution >= 4 is 5.91 Å². The zero-order valence-corrected chi connectivity index (χ0v) is 10.9. The summed E-state index contributed by atoms with van der Waals surface area (Å²) in [4.78, 5) is 11.1. The van der Waals surface area contributed by atoms with Crippen LogP contribution in [0.15, 0.2) is 47.1 Å². The van der Waals surface area contributed by atoms with Crippen molar-refractivity contribution in [2.24, 2.45) is 5.73 Å². The van der Waals surface area contributed by atoms with E-state index in [1.54, 1.807) is 12.3 Å². The van der Waals surface area contributed by atoms with Gasteiger partial charge >= 0.3 is 0 Å². The van der Waals surface area contributed by atoms with Gasteiger partial charge in [-0.2, -0.15) is 0 Å². The van der Waals surface area contributed by atoms with Gasteiger partial charge in [0.1, 0.15) is 5.76 Å². The molecule has 0 radical (unpaired) electrons. The first-order valence-electron chi connectivity index (χ1n) is 6.29. The highest BCUT2D eigenvalue weighted by molar-refractivity contribution is 5.92. The van der Waals surface area contributed by atoms with Crippen molar-refractivity contribution in [3.63, 3.8) is 0 Å². The minimum absolute atomic E-state index is 0.295. The molecule has 0 aliphatic heterocycles. The number of amides is 1. The van der Waals surface area contributed by atoms with Gasteiger partial charge in [-0.3, -0.25) is 4.79 Å². The molecule has 2 aromatic rings. The summed E-state index contributed by atoms with van der Waals surface area (Å²) in [5.74, 6) is 0.566. The first-order chi connectivity index (χ1) is 9.15. The molecule has 2 rings (SSSR count). The Hall–Kier alpha value is -2.07. The number of primary amides is 1. The van der Waals surface area contributed by atoms with Crippen LogP contribution in [0.3, 0.4) is 0 Å². The number of carbonyl (C=O) groups excluding carboxylic acids is 1. The Labute approximate surface area is 112 Å². The van der Waals surface area contributed by atoms with Crippen LogP contribution >= 0.6 is 0 Å². The molecule has 4 nitrogen and oxygen atoms in total. The molecule has 1 heterocycles. The van der Waals surface area contributed by atoms with Crippen LogP contribution < -0.4 is 11.1 Å². The van der Waals surface area contributed by atoms with E-state index >= 15 is 0 Å². The van der Waals surface area contributed by atoms with E-state index < -0.39 is 5.91 Å². The van der Waals surface area contributed by atoms with Gasteiger partial charge in [0.2, 0.25) is 5.91 Å². The number of hydrogen-bond acceptors (Lipinski definition) is 3. The maximum atomic E-state index is 11.1. The average Bonchev–Trinajstić information content (AvgIpc) is 2.89. The lowest BCUT2D eigenvalue weighted by molar-refractivity contribution is 0.1000. The zero-order valence-electron chi connectivity index (χ0n) is 10.9. The molecule has 100 valence electrons. The second kappa shape index (κ2) is 6.20. The smallest absolute Gasteiger partial charge is 0.248 e. The van der Waals surface area contributed by atoms with Crippen LogP contribution in [-0.4, -0.2) is 11.9 Å². The van der Waals surface area contributed by atoms with Crippen molar-refractivity contribution in [2.75, 3.05) is 0 Å². The van der Waals surface area contributed by atoms with E-state index in [1.807, 2.05) is 30.3 Å².